The Hall–Kier alpha value is -2.61. The van der Waals surface area contributed by atoms with E-state index in [9.17, 15) is 0 Å². The second-order valence-electron chi connectivity index (χ2n) is 4.79. The lowest BCUT2D eigenvalue weighted by atomic mass is 10.2. The highest BCUT2D eigenvalue weighted by atomic mass is 16.5. The van der Waals surface area contributed by atoms with Crippen LogP contribution >= 0.6 is 0 Å². The Morgan fingerprint density at radius 3 is 2.57 bits per heavy atom. The molecule has 2 N–H and O–H groups in total. The molecule has 0 amide bonds. The van der Waals surface area contributed by atoms with Crippen LogP contribution in [0.3, 0.4) is 0 Å². The average molecular weight is 282 g/mol. The highest BCUT2D eigenvalue weighted by Crippen LogP contribution is 2.26. The van der Waals surface area contributed by atoms with Crippen LogP contribution < -0.4 is 10.5 Å². The molecular weight excluding hydrogens is 264 g/mol. The third-order valence-corrected chi connectivity index (χ3v) is 3.08. The summed E-state index contributed by atoms with van der Waals surface area (Å²) in [6.45, 7) is 3.90. The van der Waals surface area contributed by atoms with Gasteiger partial charge in [-0.3, -0.25) is 0 Å². The van der Waals surface area contributed by atoms with Crippen molar-refractivity contribution < 1.29 is 4.74 Å². The lowest BCUT2D eigenvalue weighted by Gasteiger charge is -2.11. The molecule has 2 rings (SSSR count). The van der Waals surface area contributed by atoms with Crippen LogP contribution in [0.15, 0.2) is 24.3 Å². The zero-order chi connectivity index (χ0) is 15.2. The van der Waals surface area contributed by atoms with Crippen LogP contribution in [0.5, 0.6) is 11.6 Å². The van der Waals surface area contributed by atoms with E-state index in [4.69, 9.17) is 15.7 Å². The number of aromatic nitrogens is 2. The van der Waals surface area contributed by atoms with E-state index in [-0.39, 0.29) is 0 Å². The molecule has 0 radical (unpaired) electrons. The summed E-state index contributed by atoms with van der Waals surface area (Å²) >= 11 is 0. The van der Waals surface area contributed by atoms with Gasteiger partial charge in [0, 0.05) is 6.42 Å². The molecule has 0 atom stereocenters. The molecule has 5 nitrogen and oxygen atoms in total. The van der Waals surface area contributed by atoms with Crippen molar-refractivity contribution in [2.45, 2.75) is 33.1 Å². The molecule has 21 heavy (non-hydrogen) atoms. The summed E-state index contributed by atoms with van der Waals surface area (Å²) in [4.78, 5) is 8.67. The fraction of sp³-hybridized carbons (Fsp3) is 0.312. The standard InChI is InChI=1S/C16H18N4O/c1-3-4-14-19-15(18)11(2)16(20-14)21-13-7-5-12(6-8-13)9-10-17/h5-8H,3-4,9H2,1-2H3,(H2,18,19,20). The van der Waals surface area contributed by atoms with Gasteiger partial charge in [0.15, 0.2) is 0 Å². The molecule has 0 saturated heterocycles. The average Bonchev–Trinajstić information content (AvgIpc) is 2.47. The lowest BCUT2D eigenvalue weighted by Crippen LogP contribution is -2.05. The third kappa shape index (κ3) is 3.69. The van der Waals surface area contributed by atoms with E-state index in [1.54, 1.807) is 0 Å². The molecule has 108 valence electrons. The van der Waals surface area contributed by atoms with Gasteiger partial charge in [0.05, 0.1) is 18.1 Å². The molecule has 0 aliphatic heterocycles. The van der Waals surface area contributed by atoms with E-state index in [0.29, 0.717) is 29.7 Å². The molecule has 2 aromatic rings. The topological polar surface area (TPSA) is 84.8 Å². The Labute approximate surface area is 124 Å². The maximum absolute atomic E-state index is 8.66. The fourth-order valence-corrected chi connectivity index (χ4v) is 1.87. The van der Waals surface area contributed by atoms with Crippen LogP contribution in [0.1, 0.15) is 30.3 Å². The van der Waals surface area contributed by atoms with Gasteiger partial charge in [-0.05, 0) is 31.0 Å². The van der Waals surface area contributed by atoms with Crippen LogP contribution in [-0.4, -0.2) is 9.97 Å². The molecule has 0 unspecified atom stereocenters. The Morgan fingerprint density at radius 1 is 1.24 bits per heavy atom. The summed E-state index contributed by atoms with van der Waals surface area (Å²) in [7, 11) is 0. The summed E-state index contributed by atoms with van der Waals surface area (Å²) in [5, 5.41) is 8.66. The number of benzene rings is 1. The minimum Gasteiger partial charge on any atom is -0.439 e. The minimum atomic E-state index is 0.389. The van der Waals surface area contributed by atoms with Gasteiger partial charge < -0.3 is 10.5 Å². The van der Waals surface area contributed by atoms with E-state index in [1.165, 1.54) is 0 Å². The van der Waals surface area contributed by atoms with Gasteiger partial charge in [-0.25, -0.2) is 4.98 Å². The highest BCUT2D eigenvalue weighted by Gasteiger charge is 2.10. The van der Waals surface area contributed by atoms with Gasteiger partial charge in [-0.15, -0.1) is 0 Å². The van der Waals surface area contributed by atoms with Crippen molar-refractivity contribution in [1.29, 1.82) is 5.26 Å². The molecule has 1 aromatic heterocycles. The van der Waals surface area contributed by atoms with E-state index >= 15 is 0 Å². The third-order valence-electron chi connectivity index (χ3n) is 3.08. The number of nitrogen functional groups attached to an aromatic ring is 1. The van der Waals surface area contributed by atoms with Crippen molar-refractivity contribution in [3.8, 4) is 17.7 Å². The van der Waals surface area contributed by atoms with Crippen LogP contribution in [0.4, 0.5) is 5.82 Å². The second kappa shape index (κ2) is 6.71. The van der Waals surface area contributed by atoms with E-state index in [0.717, 1.165) is 24.0 Å². The summed E-state index contributed by atoms with van der Waals surface area (Å²) in [6.07, 6.45) is 2.10. The Bertz CT molecular complexity index is 659. The van der Waals surface area contributed by atoms with Crippen LogP contribution in [-0.2, 0) is 12.8 Å². The molecule has 0 fully saturated rings. The second-order valence-corrected chi connectivity index (χ2v) is 4.79. The molecule has 5 heteroatoms. The van der Waals surface area contributed by atoms with Crippen molar-refractivity contribution in [3.05, 3.63) is 41.2 Å². The van der Waals surface area contributed by atoms with Crippen molar-refractivity contribution in [1.82, 2.24) is 9.97 Å². The first-order chi connectivity index (χ1) is 10.1. The molecule has 0 spiro atoms. The molecule has 1 heterocycles. The SMILES string of the molecule is CCCc1nc(N)c(C)c(Oc2ccc(CC#N)cc2)n1. The van der Waals surface area contributed by atoms with Crippen LogP contribution in [0.25, 0.3) is 0 Å². The Morgan fingerprint density at radius 2 is 1.95 bits per heavy atom. The number of nitriles is 1. The fourth-order valence-electron chi connectivity index (χ4n) is 1.87. The Balaban J connectivity index is 2.24. The largest absolute Gasteiger partial charge is 0.439 e. The zero-order valence-corrected chi connectivity index (χ0v) is 12.3. The predicted molar refractivity (Wildman–Crippen MR) is 81.0 cm³/mol. The molecule has 0 aliphatic carbocycles. The molecular formula is C16H18N4O. The number of aryl methyl sites for hydroxylation is 1. The van der Waals surface area contributed by atoms with E-state index in [2.05, 4.69) is 23.0 Å². The Kier molecular flexibility index (Phi) is 4.72. The summed E-state index contributed by atoms with van der Waals surface area (Å²) in [5.74, 6) is 2.29. The van der Waals surface area contributed by atoms with Gasteiger partial charge >= 0.3 is 0 Å². The number of nitrogens with two attached hydrogens (primary N) is 1. The normalized spacial score (nSPS) is 10.1. The minimum absolute atomic E-state index is 0.389. The van der Waals surface area contributed by atoms with Gasteiger partial charge in [-0.2, -0.15) is 10.2 Å². The van der Waals surface area contributed by atoms with Gasteiger partial charge in [0.2, 0.25) is 5.88 Å². The van der Waals surface area contributed by atoms with Gasteiger partial charge in [-0.1, -0.05) is 19.1 Å². The first kappa shape index (κ1) is 14.8. The quantitative estimate of drug-likeness (QED) is 0.910. The molecule has 1 aromatic carbocycles. The number of rotatable bonds is 5. The number of nitrogens with zero attached hydrogens (tertiary/aromatic N) is 3. The van der Waals surface area contributed by atoms with Crippen LogP contribution in [0.2, 0.25) is 0 Å². The summed E-state index contributed by atoms with van der Waals surface area (Å²) in [5.41, 5.74) is 7.59. The molecule has 0 aliphatic rings. The first-order valence-corrected chi connectivity index (χ1v) is 6.90. The first-order valence-electron chi connectivity index (χ1n) is 6.90. The zero-order valence-electron chi connectivity index (χ0n) is 12.3. The maximum atomic E-state index is 8.66. The smallest absolute Gasteiger partial charge is 0.227 e. The summed E-state index contributed by atoms with van der Waals surface area (Å²) in [6, 6.07) is 9.49. The molecule has 0 saturated carbocycles. The number of hydrogen-bond acceptors (Lipinski definition) is 5. The highest BCUT2D eigenvalue weighted by molar-refractivity contribution is 5.46. The van der Waals surface area contributed by atoms with Gasteiger partial charge in [0.25, 0.3) is 0 Å². The van der Waals surface area contributed by atoms with Crippen molar-refractivity contribution >= 4 is 5.82 Å². The molecule has 0 bridgehead atoms. The van der Waals surface area contributed by atoms with Crippen molar-refractivity contribution in [2.75, 3.05) is 5.73 Å². The predicted octanol–water partition coefficient (Wildman–Crippen LogP) is 3.18. The van der Waals surface area contributed by atoms with E-state index < -0.39 is 0 Å². The number of ether oxygens (including phenoxy) is 1. The summed E-state index contributed by atoms with van der Waals surface area (Å²) < 4.78 is 5.80. The van der Waals surface area contributed by atoms with Crippen molar-refractivity contribution in [2.24, 2.45) is 0 Å². The van der Waals surface area contributed by atoms with Crippen LogP contribution in [0, 0.1) is 18.3 Å². The van der Waals surface area contributed by atoms with Crippen molar-refractivity contribution in [3.63, 3.8) is 0 Å². The van der Waals surface area contributed by atoms with Gasteiger partial charge in [0.1, 0.15) is 17.4 Å². The number of anilines is 1. The monoisotopic (exact) mass is 282 g/mol. The lowest BCUT2D eigenvalue weighted by molar-refractivity contribution is 0.454. The number of hydrogen-bond donors (Lipinski definition) is 1. The van der Waals surface area contributed by atoms with E-state index in [1.807, 2.05) is 31.2 Å². The maximum Gasteiger partial charge on any atom is 0.227 e.